The molecule has 24 heavy (non-hydrogen) atoms. The van der Waals surface area contributed by atoms with Gasteiger partial charge in [-0.3, -0.25) is 14.6 Å². The Kier molecular flexibility index (Phi) is 3.97. The zero-order valence-electron chi connectivity index (χ0n) is 14.0. The first kappa shape index (κ1) is 16.2. The molecule has 0 amide bonds. The van der Waals surface area contributed by atoms with E-state index in [1.54, 1.807) is 23.1 Å². The quantitative estimate of drug-likeness (QED) is 0.867. The summed E-state index contributed by atoms with van der Waals surface area (Å²) in [5.74, 6) is 0.803. The van der Waals surface area contributed by atoms with E-state index in [9.17, 15) is 4.79 Å². The number of nitrogens with zero attached hydrogens (tertiary/aromatic N) is 2. The lowest BCUT2D eigenvalue weighted by molar-refractivity contribution is -0.0705. The maximum absolute atomic E-state index is 12.7. The maximum Gasteiger partial charge on any atom is 0.271 e. The lowest BCUT2D eigenvalue weighted by Gasteiger charge is -2.36. The predicted octanol–water partition coefficient (Wildman–Crippen LogP) is 4.25. The third-order valence-corrected chi connectivity index (χ3v) is 6.83. The van der Waals surface area contributed by atoms with Crippen molar-refractivity contribution in [2.75, 3.05) is 6.61 Å². The van der Waals surface area contributed by atoms with Crippen molar-refractivity contribution in [2.45, 2.75) is 50.5 Å². The maximum atomic E-state index is 12.7. The van der Waals surface area contributed by atoms with Crippen LogP contribution in [0.5, 0.6) is 0 Å². The van der Waals surface area contributed by atoms with Gasteiger partial charge in [0.1, 0.15) is 0 Å². The van der Waals surface area contributed by atoms with Gasteiger partial charge in [-0.05, 0) is 45.1 Å². The molecule has 1 N–H and O–H groups in total. The van der Waals surface area contributed by atoms with E-state index in [1.165, 1.54) is 4.88 Å². The van der Waals surface area contributed by atoms with E-state index in [0.29, 0.717) is 6.61 Å². The van der Waals surface area contributed by atoms with Crippen molar-refractivity contribution in [2.24, 2.45) is 4.99 Å². The normalized spacial score (nSPS) is 26.0. The average molecular weight is 364 g/mol. The summed E-state index contributed by atoms with van der Waals surface area (Å²) in [4.78, 5) is 18.6. The van der Waals surface area contributed by atoms with Crippen LogP contribution in [0.1, 0.15) is 55.3 Å². The number of H-pyrrole nitrogens is 1. The Labute approximate surface area is 149 Å². The number of aromatic nitrogens is 2. The van der Waals surface area contributed by atoms with Crippen LogP contribution in [0.3, 0.4) is 0 Å². The Balaban J connectivity index is 1.80. The first-order valence-corrected chi connectivity index (χ1v) is 9.94. The SMILES string of the molecule is CC1=Nc2c(c(=O)[nH]n2[C@H]2CCOC(C)(C)C2)[C@@H](c2cccs2)S1. The number of aromatic amines is 1. The van der Waals surface area contributed by atoms with Gasteiger partial charge in [0.15, 0.2) is 5.82 Å². The second-order valence-electron chi connectivity index (χ2n) is 6.95. The molecule has 0 aliphatic carbocycles. The van der Waals surface area contributed by atoms with E-state index < -0.39 is 0 Å². The van der Waals surface area contributed by atoms with Gasteiger partial charge in [-0.2, -0.15) is 0 Å². The van der Waals surface area contributed by atoms with Crippen molar-refractivity contribution in [3.8, 4) is 0 Å². The highest BCUT2D eigenvalue weighted by Gasteiger charge is 2.35. The third-order valence-electron chi connectivity index (χ3n) is 4.59. The second kappa shape index (κ2) is 5.89. The molecule has 4 rings (SSSR count). The first-order chi connectivity index (χ1) is 11.4. The van der Waals surface area contributed by atoms with Crippen LogP contribution in [0.25, 0.3) is 0 Å². The van der Waals surface area contributed by atoms with Crippen molar-refractivity contribution in [3.05, 3.63) is 38.3 Å². The van der Waals surface area contributed by atoms with Gasteiger partial charge in [-0.15, -0.1) is 11.3 Å². The lowest BCUT2D eigenvalue weighted by Crippen LogP contribution is -2.35. The van der Waals surface area contributed by atoms with Crippen LogP contribution in [-0.4, -0.2) is 27.0 Å². The largest absolute Gasteiger partial charge is 0.375 e. The van der Waals surface area contributed by atoms with Crippen LogP contribution >= 0.6 is 23.1 Å². The van der Waals surface area contributed by atoms with Gasteiger partial charge >= 0.3 is 0 Å². The minimum atomic E-state index is -0.174. The van der Waals surface area contributed by atoms with Crippen LogP contribution in [-0.2, 0) is 4.74 Å². The zero-order chi connectivity index (χ0) is 16.9. The summed E-state index contributed by atoms with van der Waals surface area (Å²) in [6, 6.07) is 4.35. The molecule has 0 saturated carbocycles. The zero-order valence-corrected chi connectivity index (χ0v) is 15.7. The van der Waals surface area contributed by atoms with Gasteiger partial charge in [-0.1, -0.05) is 17.8 Å². The molecule has 2 aromatic heterocycles. The number of rotatable bonds is 2. The van der Waals surface area contributed by atoms with E-state index in [4.69, 9.17) is 9.73 Å². The topological polar surface area (TPSA) is 59.4 Å². The van der Waals surface area contributed by atoms with E-state index in [-0.39, 0.29) is 22.5 Å². The van der Waals surface area contributed by atoms with Crippen LogP contribution < -0.4 is 5.56 Å². The monoisotopic (exact) mass is 363 g/mol. The molecular formula is C17H21N3O2S2. The first-order valence-electron chi connectivity index (χ1n) is 8.18. The number of thioether (sulfide) groups is 1. The molecule has 0 spiro atoms. The van der Waals surface area contributed by atoms with Crippen molar-refractivity contribution in [1.82, 2.24) is 9.78 Å². The fraction of sp³-hybridized carbons (Fsp3) is 0.529. The summed E-state index contributed by atoms with van der Waals surface area (Å²) in [5.41, 5.74) is 0.598. The Hall–Kier alpha value is -1.31. The van der Waals surface area contributed by atoms with E-state index >= 15 is 0 Å². The Morgan fingerprint density at radius 3 is 3.00 bits per heavy atom. The number of thiophene rings is 1. The van der Waals surface area contributed by atoms with Crippen molar-refractivity contribution in [1.29, 1.82) is 0 Å². The van der Waals surface area contributed by atoms with Crippen molar-refractivity contribution in [3.63, 3.8) is 0 Å². The molecule has 1 fully saturated rings. The molecule has 0 bridgehead atoms. The summed E-state index contributed by atoms with van der Waals surface area (Å²) in [7, 11) is 0. The minimum Gasteiger partial charge on any atom is -0.375 e. The van der Waals surface area contributed by atoms with Crippen LogP contribution in [0.2, 0.25) is 0 Å². The summed E-state index contributed by atoms with van der Waals surface area (Å²) in [5, 5.41) is 6.16. The van der Waals surface area contributed by atoms with Gasteiger partial charge in [-0.25, -0.2) is 4.99 Å². The fourth-order valence-electron chi connectivity index (χ4n) is 3.53. The van der Waals surface area contributed by atoms with E-state index in [1.807, 2.05) is 17.7 Å². The second-order valence-corrected chi connectivity index (χ2v) is 9.22. The highest BCUT2D eigenvalue weighted by Crippen LogP contribution is 2.46. The Morgan fingerprint density at radius 1 is 1.46 bits per heavy atom. The van der Waals surface area contributed by atoms with Crippen molar-refractivity contribution >= 4 is 34.0 Å². The molecular weight excluding hydrogens is 342 g/mol. The molecule has 2 aliphatic heterocycles. The summed E-state index contributed by atoms with van der Waals surface area (Å²) < 4.78 is 7.82. The number of ether oxygens (including phenoxy) is 1. The lowest BCUT2D eigenvalue weighted by atomic mass is 9.94. The molecule has 128 valence electrons. The molecule has 0 unspecified atom stereocenters. The number of nitrogens with one attached hydrogen (secondary N) is 1. The Bertz CT molecular complexity index is 833. The van der Waals surface area contributed by atoms with Gasteiger partial charge in [0.25, 0.3) is 5.56 Å². The van der Waals surface area contributed by atoms with Crippen LogP contribution in [0.15, 0.2) is 27.3 Å². The Morgan fingerprint density at radius 2 is 2.29 bits per heavy atom. The summed E-state index contributed by atoms with van der Waals surface area (Å²) >= 11 is 3.35. The molecule has 2 atom stereocenters. The third kappa shape index (κ3) is 2.78. The highest BCUT2D eigenvalue weighted by molar-refractivity contribution is 8.14. The molecule has 0 aromatic carbocycles. The standard InChI is InChI=1S/C17H21N3O2S2/c1-10-18-15-13(14(24-10)12-5-4-8-23-12)16(21)19-20(15)11-6-7-22-17(2,3)9-11/h4-5,8,11,14H,6-7,9H2,1-3H3,(H,19,21)/t11-,14+/m0/s1. The molecule has 4 heterocycles. The van der Waals surface area contributed by atoms with Crippen LogP contribution in [0, 0.1) is 0 Å². The van der Waals surface area contributed by atoms with Gasteiger partial charge < -0.3 is 4.74 Å². The molecule has 2 aliphatic rings. The summed E-state index contributed by atoms with van der Waals surface area (Å²) in [6.07, 6.45) is 1.77. The molecule has 5 nitrogen and oxygen atoms in total. The van der Waals surface area contributed by atoms with E-state index in [2.05, 4.69) is 30.4 Å². The van der Waals surface area contributed by atoms with Gasteiger partial charge in [0.05, 0.1) is 27.5 Å². The fourth-order valence-corrected chi connectivity index (χ4v) is 5.56. The molecule has 7 heteroatoms. The highest BCUT2D eigenvalue weighted by atomic mass is 32.2. The predicted molar refractivity (Wildman–Crippen MR) is 99.9 cm³/mol. The van der Waals surface area contributed by atoms with E-state index in [0.717, 1.165) is 29.3 Å². The molecule has 0 radical (unpaired) electrons. The summed E-state index contributed by atoms with van der Waals surface area (Å²) in [6.45, 7) is 6.93. The van der Waals surface area contributed by atoms with Crippen LogP contribution in [0.4, 0.5) is 5.82 Å². The van der Waals surface area contributed by atoms with Gasteiger partial charge in [0, 0.05) is 11.5 Å². The number of fused-ring (bicyclic) bond motifs is 1. The number of hydrogen-bond acceptors (Lipinski definition) is 5. The number of hydrogen-bond donors (Lipinski definition) is 1. The molecule has 2 aromatic rings. The van der Waals surface area contributed by atoms with Gasteiger partial charge in [0.2, 0.25) is 0 Å². The minimum absolute atomic E-state index is 0.0172. The smallest absolute Gasteiger partial charge is 0.271 e. The molecule has 1 saturated heterocycles. The van der Waals surface area contributed by atoms with Crippen molar-refractivity contribution < 1.29 is 4.74 Å². The average Bonchev–Trinajstić information content (AvgIpc) is 3.14. The number of aliphatic imine (C=N–C) groups is 1.